The fourth-order valence-corrected chi connectivity index (χ4v) is 3.18. The summed E-state index contributed by atoms with van der Waals surface area (Å²) in [6, 6.07) is 5.72. The number of hydrogen-bond acceptors (Lipinski definition) is 3. The van der Waals surface area contributed by atoms with Crippen LogP contribution >= 0.6 is 11.6 Å². The molecule has 1 heterocycles. The number of piperidine rings is 1. The van der Waals surface area contributed by atoms with Crippen LogP contribution in [0.5, 0.6) is 0 Å². The number of nitrogens with zero attached hydrogens (tertiary/aromatic N) is 2. The predicted octanol–water partition coefficient (Wildman–Crippen LogP) is 2.61. The molecule has 106 valence electrons. The van der Waals surface area contributed by atoms with Crippen LogP contribution in [-0.2, 0) is 6.61 Å². The molecule has 1 aromatic rings. The van der Waals surface area contributed by atoms with Gasteiger partial charge in [0.25, 0.3) is 0 Å². The summed E-state index contributed by atoms with van der Waals surface area (Å²) in [5, 5.41) is 10.2. The average molecular weight is 283 g/mol. The lowest BCUT2D eigenvalue weighted by atomic mass is 9.96. The number of aliphatic hydroxyl groups excluding tert-OH is 1. The summed E-state index contributed by atoms with van der Waals surface area (Å²) in [4.78, 5) is 4.58. The molecule has 0 amide bonds. The van der Waals surface area contributed by atoms with Crippen LogP contribution in [0.4, 0.5) is 5.69 Å². The summed E-state index contributed by atoms with van der Waals surface area (Å²) < 4.78 is 0. The Morgan fingerprint density at radius 2 is 2.05 bits per heavy atom. The number of halogens is 1. The van der Waals surface area contributed by atoms with Crippen LogP contribution in [0.1, 0.15) is 18.4 Å². The van der Waals surface area contributed by atoms with Crippen LogP contribution in [0.15, 0.2) is 18.2 Å². The Labute approximate surface area is 120 Å². The minimum atomic E-state index is 0.0354. The van der Waals surface area contributed by atoms with E-state index in [1.54, 1.807) is 0 Å². The number of anilines is 1. The lowest BCUT2D eigenvalue weighted by Crippen LogP contribution is -2.36. The lowest BCUT2D eigenvalue weighted by molar-refractivity contribution is 0.222. The molecule has 0 spiro atoms. The van der Waals surface area contributed by atoms with Gasteiger partial charge in [-0.1, -0.05) is 23.7 Å². The van der Waals surface area contributed by atoms with Crippen molar-refractivity contribution in [3.8, 4) is 0 Å². The minimum Gasteiger partial charge on any atom is -0.392 e. The third kappa shape index (κ3) is 3.62. The van der Waals surface area contributed by atoms with Gasteiger partial charge in [0.1, 0.15) is 0 Å². The van der Waals surface area contributed by atoms with E-state index < -0.39 is 0 Å². The van der Waals surface area contributed by atoms with Gasteiger partial charge in [-0.2, -0.15) is 0 Å². The Balaban J connectivity index is 2.05. The minimum absolute atomic E-state index is 0.0354. The smallest absolute Gasteiger partial charge is 0.0702 e. The Morgan fingerprint density at radius 1 is 1.37 bits per heavy atom. The first-order valence-electron chi connectivity index (χ1n) is 6.89. The number of likely N-dealkylation sites (tertiary alicyclic amines) is 1. The van der Waals surface area contributed by atoms with Crippen LogP contribution in [0, 0.1) is 5.92 Å². The molecule has 1 aliphatic rings. The maximum atomic E-state index is 9.44. The molecule has 0 radical (unpaired) electrons. The molecule has 0 atom stereocenters. The van der Waals surface area contributed by atoms with E-state index >= 15 is 0 Å². The van der Waals surface area contributed by atoms with Crippen molar-refractivity contribution in [3.05, 3.63) is 28.8 Å². The quantitative estimate of drug-likeness (QED) is 0.920. The highest BCUT2D eigenvalue weighted by molar-refractivity contribution is 6.33. The SMILES string of the molecule is CN1CCC(CN(C)c2c(Cl)cccc2CO)CC1. The molecular formula is C15H23ClN2O. The molecule has 0 bridgehead atoms. The van der Waals surface area contributed by atoms with Gasteiger partial charge in [-0.15, -0.1) is 0 Å². The summed E-state index contributed by atoms with van der Waals surface area (Å²) in [6.07, 6.45) is 2.47. The molecule has 1 saturated heterocycles. The van der Waals surface area contributed by atoms with Crippen molar-refractivity contribution in [2.24, 2.45) is 5.92 Å². The van der Waals surface area contributed by atoms with Gasteiger partial charge in [-0.05, 0) is 45.0 Å². The van der Waals surface area contributed by atoms with E-state index in [0.717, 1.165) is 22.8 Å². The zero-order chi connectivity index (χ0) is 13.8. The third-order valence-corrected chi connectivity index (χ3v) is 4.30. The van der Waals surface area contributed by atoms with E-state index in [-0.39, 0.29) is 6.61 Å². The summed E-state index contributed by atoms with van der Waals surface area (Å²) >= 11 is 6.28. The third-order valence-electron chi connectivity index (χ3n) is 3.99. The Bertz CT molecular complexity index is 417. The van der Waals surface area contributed by atoms with Crippen molar-refractivity contribution in [3.63, 3.8) is 0 Å². The fourth-order valence-electron chi connectivity index (χ4n) is 2.84. The molecule has 0 aromatic heterocycles. The second-order valence-corrected chi connectivity index (χ2v) is 5.94. The van der Waals surface area contributed by atoms with Gasteiger partial charge in [-0.25, -0.2) is 0 Å². The summed E-state index contributed by atoms with van der Waals surface area (Å²) in [6.45, 7) is 3.39. The summed E-state index contributed by atoms with van der Waals surface area (Å²) in [5.41, 5.74) is 1.88. The van der Waals surface area contributed by atoms with Gasteiger partial charge in [0.15, 0.2) is 0 Å². The fraction of sp³-hybridized carbons (Fsp3) is 0.600. The first-order chi connectivity index (χ1) is 9.11. The van der Waals surface area contributed by atoms with Gasteiger partial charge in [-0.3, -0.25) is 0 Å². The van der Waals surface area contributed by atoms with Gasteiger partial charge < -0.3 is 14.9 Å². The molecular weight excluding hydrogens is 260 g/mol. The molecule has 1 aliphatic heterocycles. The van der Waals surface area contributed by atoms with Gasteiger partial charge in [0, 0.05) is 19.2 Å². The second kappa shape index (κ2) is 6.60. The molecule has 0 saturated carbocycles. The van der Waals surface area contributed by atoms with Crippen molar-refractivity contribution in [1.29, 1.82) is 0 Å². The number of benzene rings is 1. The largest absolute Gasteiger partial charge is 0.392 e. The predicted molar refractivity (Wildman–Crippen MR) is 80.9 cm³/mol. The van der Waals surface area contributed by atoms with Crippen molar-refractivity contribution in [2.45, 2.75) is 19.4 Å². The van der Waals surface area contributed by atoms with Crippen molar-refractivity contribution < 1.29 is 5.11 Å². The number of hydrogen-bond donors (Lipinski definition) is 1. The molecule has 1 fully saturated rings. The van der Waals surface area contributed by atoms with Crippen LogP contribution in [-0.4, -0.2) is 43.7 Å². The molecule has 3 nitrogen and oxygen atoms in total. The van der Waals surface area contributed by atoms with E-state index in [9.17, 15) is 5.11 Å². The second-order valence-electron chi connectivity index (χ2n) is 5.53. The normalized spacial score (nSPS) is 17.7. The number of aliphatic hydroxyl groups is 1. The first-order valence-corrected chi connectivity index (χ1v) is 7.27. The van der Waals surface area contributed by atoms with Crippen molar-refractivity contribution >= 4 is 17.3 Å². The molecule has 19 heavy (non-hydrogen) atoms. The van der Waals surface area contributed by atoms with Crippen LogP contribution in [0.3, 0.4) is 0 Å². The molecule has 0 aliphatic carbocycles. The van der Waals surface area contributed by atoms with Gasteiger partial charge in [0.2, 0.25) is 0 Å². The van der Waals surface area contributed by atoms with E-state index in [2.05, 4.69) is 23.9 Å². The maximum absolute atomic E-state index is 9.44. The lowest BCUT2D eigenvalue weighted by Gasteiger charge is -2.33. The average Bonchev–Trinajstić information content (AvgIpc) is 2.40. The van der Waals surface area contributed by atoms with Crippen LogP contribution in [0.25, 0.3) is 0 Å². The van der Waals surface area contributed by atoms with Crippen molar-refractivity contribution in [1.82, 2.24) is 4.90 Å². The topological polar surface area (TPSA) is 26.7 Å². The zero-order valence-electron chi connectivity index (χ0n) is 11.8. The molecule has 1 aromatic carbocycles. The number of para-hydroxylation sites is 1. The zero-order valence-corrected chi connectivity index (χ0v) is 12.5. The Morgan fingerprint density at radius 3 is 2.68 bits per heavy atom. The van der Waals surface area contributed by atoms with Gasteiger partial charge in [0.05, 0.1) is 17.3 Å². The van der Waals surface area contributed by atoms with Gasteiger partial charge >= 0.3 is 0 Å². The first kappa shape index (κ1) is 14.6. The highest BCUT2D eigenvalue weighted by Crippen LogP contribution is 2.30. The van der Waals surface area contributed by atoms with E-state index in [1.807, 2.05) is 18.2 Å². The molecule has 0 unspecified atom stereocenters. The molecule has 2 rings (SSSR count). The molecule has 4 heteroatoms. The monoisotopic (exact) mass is 282 g/mol. The summed E-state index contributed by atoms with van der Waals surface area (Å²) in [5.74, 6) is 0.712. The maximum Gasteiger partial charge on any atom is 0.0702 e. The Hall–Kier alpha value is -0.770. The van der Waals surface area contributed by atoms with E-state index in [1.165, 1.54) is 25.9 Å². The highest BCUT2D eigenvalue weighted by atomic mass is 35.5. The molecule has 1 N–H and O–H groups in total. The van der Waals surface area contributed by atoms with Crippen LogP contribution < -0.4 is 4.90 Å². The standard InChI is InChI=1S/C15H23ClN2O/c1-17-8-6-12(7-9-17)10-18(2)15-13(11-19)4-3-5-14(15)16/h3-5,12,19H,6-11H2,1-2H3. The Kier molecular flexibility index (Phi) is 5.08. The number of rotatable bonds is 4. The van der Waals surface area contributed by atoms with Crippen molar-refractivity contribution in [2.75, 3.05) is 38.6 Å². The summed E-state index contributed by atoms with van der Waals surface area (Å²) in [7, 11) is 4.25. The van der Waals surface area contributed by atoms with E-state index in [0.29, 0.717) is 5.92 Å². The van der Waals surface area contributed by atoms with E-state index in [4.69, 9.17) is 11.6 Å². The highest BCUT2D eigenvalue weighted by Gasteiger charge is 2.20. The van der Waals surface area contributed by atoms with Crippen LogP contribution in [0.2, 0.25) is 5.02 Å².